The molecule has 3 fully saturated rings. The van der Waals surface area contributed by atoms with Gasteiger partial charge in [0.15, 0.2) is 0 Å². The first-order chi connectivity index (χ1) is 8.62. The van der Waals surface area contributed by atoms with E-state index >= 15 is 0 Å². The minimum atomic E-state index is -2.31. The minimum absolute atomic E-state index is 0.251. The predicted octanol–water partition coefficient (Wildman–Crippen LogP) is 2.31. The molecule has 0 aromatic carbocycles. The van der Waals surface area contributed by atoms with Crippen LogP contribution in [0.5, 0.6) is 0 Å². The van der Waals surface area contributed by atoms with Gasteiger partial charge in [-0.25, -0.2) is 13.6 Å². The Balaban J connectivity index is 1.89. The average molecular weight is 277 g/mol. The summed E-state index contributed by atoms with van der Waals surface area (Å²) in [6, 6.07) is -0.497. The zero-order chi connectivity index (χ0) is 14.5. The smallest absolute Gasteiger partial charge is 0.407 e. The number of hydrogen-bond donors (Lipinski definition) is 2. The Kier molecular flexibility index (Phi) is 3.28. The molecular weight excluding hydrogens is 256 g/mol. The summed E-state index contributed by atoms with van der Waals surface area (Å²) in [5.74, 6) is 0. The van der Waals surface area contributed by atoms with Gasteiger partial charge in [-0.05, 0) is 45.4 Å². The fraction of sp³-hybridized carbons (Fsp3) is 0.923. The molecule has 0 aromatic heterocycles. The number of alkyl carbamates (subject to hydrolysis) is 1. The van der Waals surface area contributed by atoms with E-state index < -0.39 is 29.6 Å². The zero-order valence-electron chi connectivity index (χ0n) is 11.5. The van der Waals surface area contributed by atoms with Crippen molar-refractivity contribution < 1.29 is 23.4 Å². The topological polar surface area (TPSA) is 58.6 Å². The van der Waals surface area contributed by atoms with Crippen molar-refractivity contribution in [3.8, 4) is 0 Å². The highest BCUT2D eigenvalue weighted by Gasteiger charge is 2.74. The van der Waals surface area contributed by atoms with Crippen molar-refractivity contribution in [1.29, 1.82) is 0 Å². The van der Waals surface area contributed by atoms with E-state index in [4.69, 9.17) is 4.74 Å². The summed E-state index contributed by atoms with van der Waals surface area (Å²) in [6.07, 6.45) is -1.80. The lowest BCUT2D eigenvalue weighted by Crippen LogP contribution is -2.73. The third kappa shape index (κ3) is 2.42. The van der Waals surface area contributed by atoms with Gasteiger partial charge in [0.05, 0.1) is 12.6 Å². The monoisotopic (exact) mass is 277 g/mol. The summed E-state index contributed by atoms with van der Waals surface area (Å²) in [5.41, 5.74) is -1.83. The number of aliphatic hydroxyl groups excluding tert-OH is 1. The van der Waals surface area contributed by atoms with E-state index in [-0.39, 0.29) is 12.0 Å². The molecule has 0 aliphatic heterocycles. The first-order valence-electron chi connectivity index (χ1n) is 6.51. The molecule has 19 heavy (non-hydrogen) atoms. The fourth-order valence-corrected chi connectivity index (χ4v) is 3.39. The van der Waals surface area contributed by atoms with Gasteiger partial charge >= 0.3 is 6.09 Å². The molecule has 2 bridgehead atoms. The predicted molar refractivity (Wildman–Crippen MR) is 65.0 cm³/mol. The van der Waals surface area contributed by atoms with Crippen LogP contribution >= 0.6 is 0 Å². The first kappa shape index (κ1) is 14.5. The van der Waals surface area contributed by atoms with Gasteiger partial charge in [-0.3, -0.25) is 0 Å². The molecule has 6 heteroatoms. The Morgan fingerprint density at radius 1 is 1.32 bits per heavy atom. The minimum Gasteiger partial charge on any atom is -0.444 e. The van der Waals surface area contributed by atoms with E-state index in [9.17, 15) is 18.7 Å². The lowest BCUT2D eigenvalue weighted by molar-refractivity contribution is -0.280. The van der Waals surface area contributed by atoms with E-state index in [1.807, 2.05) is 0 Å². The Hall–Kier alpha value is -0.910. The van der Waals surface area contributed by atoms with E-state index in [0.717, 1.165) is 0 Å². The summed E-state index contributed by atoms with van der Waals surface area (Å²) >= 11 is 0. The van der Waals surface area contributed by atoms with Crippen LogP contribution in [0.4, 0.5) is 13.6 Å². The lowest BCUT2D eigenvalue weighted by atomic mass is 9.33. The third-order valence-corrected chi connectivity index (χ3v) is 4.19. The molecule has 2 N–H and O–H groups in total. The number of halogens is 2. The van der Waals surface area contributed by atoms with E-state index in [2.05, 4.69) is 5.32 Å². The molecule has 0 heterocycles. The largest absolute Gasteiger partial charge is 0.444 e. The van der Waals surface area contributed by atoms with Gasteiger partial charge in [0.2, 0.25) is 6.43 Å². The van der Waals surface area contributed by atoms with Gasteiger partial charge in [-0.2, -0.15) is 0 Å². The van der Waals surface area contributed by atoms with Crippen molar-refractivity contribution in [2.24, 2.45) is 10.8 Å². The molecule has 4 nitrogen and oxygen atoms in total. The number of nitrogens with one attached hydrogen (secondary N) is 1. The number of carbonyl (C=O) groups excluding carboxylic acids is 1. The molecule has 3 aliphatic rings. The van der Waals surface area contributed by atoms with Crippen LogP contribution in [0.15, 0.2) is 0 Å². The van der Waals surface area contributed by atoms with Gasteiger partial charge in [0.25, 0.3) is 0 Å². The molecule has 0 spiro atoms. The van der Waals surface area contributed by atoms with Gasteiger partial charge in [0, 0.05) is 5.41 Å². The van der Waals surface area contributed by atoms with Crippen molar-refractivity contribution in [2.45, 2.75) is 58.1 Å². The Morgan fingerprint density at radius 3 is 2.21 bits per heavy atom. The molecular formula is C13H21F2NO3. The molecule has 0 radical (unpaired) electrons. The van der Waals surface area contributed by atoms with Crippen molar-refractivity contribution >= 4 is 6.09 Å². The summed E-state index contributed by atoms with van der Waals surface area (Å²) in [5, 5.41) is 12.0. The van der Waals surface area contributed by atoms with Crippen LogP contribution < -0.4 is 5.32 Å². The summed E-state index contributed by atoms with van der Waals surface area (Å²) in [7, 11) is 0. The lowest BCUT2D eigenvalue weighted by Gasteiger charge is -2.72. The van der Waals surface area contributed by atoms with E-state index in [0.29, 0.717) is 19.3 Å². The van der Waals surface area contributed by atoms with Gasteiger partial charge in [0.1, 0.15) is 5.60 Å². The Morgan fingerprint density at radius 2 is 1.84 bits per heavy atom. The second-order valence-corrected chi connectivity index (χ2v) is 6.94. The van der Waals surface area contributed by atoms with Gasteiger partial charge in [-0.1, -0.05) is 0 Å². The van der Waals surface area contributed by atoms with Crippen molar-refractivity contribution in [1.82, 2.24) is 5.32 Å². The molecule has 0 aromatic rings. The highest BCUT2D eigenvalue weighted by atomic mass is 19.3. The van der Waals surface area contributed by atoms with Crippen LogP contribution in [0.2, 0.25) is 0 Å². The number of alkyl halides is 2. The molecule has 1 amide bonds. The number of hydrogen-bond acceptors (Lipinski definition) is 3. The highest BCUT2D eigenvalue weighted by molar-refractivity contribution is 5.68. The molecule has 1 unspecified atom stereocenters. The highest BCUT2D eigenvalue weighted by Crippen LogP contribution is 2.76. The Bertz CT molecular complexity index is 359. The standard InChI is InChI=1S/C13H21F2NO3/c1-11(2,3)19-10(18)16-8(4-17)12-5-13(6-12,7-12)9(14)15/h8-9,17H,4-7H2,1-3H3,(H,16,18). The third-order valence-electron chi connectivity index (χ3n) is 4.19. The summed E-state index contributed by atoms with van der Waals surface area (Å²) in [6.45, 7) is 4.98. The molecule has 0 saturated heterocycles. The van der Waals surface area contributed by atoms with Crippen molar-refractivity contribution in [2.75, 3.05) is 6.61 Å². The fourth-order valence-electron chi connectivity index (χ4n) is 3.39. The summed E-state index contributed by atoms with van der Waals surface area (Å²) < 4.78 is 30.6. The molecule has 110 valence electrons. The zero-order valence-corrected chi connectivity index (χ0v) is 11.5. The normalized spacial score (nSPS) is 34.3. The van der Waals surface area contributed by atoms with Crippen LogP contribution in [0.25, 0.3) is 0 Å². The quantitative estimate of drug-likeness (QED) is 0.829. The maximum absolute atomic E-state index is 12.7. The maximum atomic E-state index is 12.7. The maximum Gasteiger partial charge on any atom is 0.407 e. The number of rotatable bonds is 4. The SMILES string of the molecule is CC(C)(C)OC(=O)NC(CO)C12CC(C(F)F)(C1)C2. The number of ether oxygens (including phenoxy) is 1. The van der Waals surface area contributed by atoms with Crippen LogP contribution in [0.1, 0.15) is 40.0 Å². The second-order valence-electron chi connectivity index (χ2n) is 6.94. The van der Waals surface area contributed by atoms with E-state index in [1.54, 1.807) is 20.8 Å². The van der Waals surface area contributed by atoms with Crippen LogP contribution in [0.3, 0.4) is 0 Å². The second kappa shape index (κ2) is 4.30. The number of aliphatic hydroxyl groups is 1. The van der Waals surface area contributed by atoms with Crippen molar-refractivity contribution in [3.63, 3.8) is 0 Å². The van der Waals surface area contributed by atoms with Crippen molar-refractivity contribution in [3.05, 3.63) is 0 Å². The Labute approximate surface area is 111 Å². The average Bonchev–Trinajstić information content (AvgIpc) is 2.07. The van der Waals surface area contributed by atoms with Gasteiger partial charge < -0.3 is 15.2 Å². The number of amides is 1. The number of carbonyl (C=O) groups is 1. The molecule has 3 rings (SSSR count). The molecule has 3 saturated carbocycles. The van der Waals surface area contributed by atoms with Crippen LogP contribution in [-0.4, -0.2) is 35.9 Å². The van der Waals surface area contributed by atoms with E-state index in [1.165, 1.54) is 0 Å². The van der Waals surface area contributed by atoms with Gasteiger partial charge in [-0.15, -0.1) is 0 Å². The van der Waals surface area contributed by atoms with Crippen LogP contribution in [-0.2, 0) is 4.74 Å². The first-order valence-corrected chi connectivity index (χ1v) is 6.51. The molecule has 3 aliphatic carbocycles. The molecule has 1 atom stereocenters. The van der Waals surface area contributed by atoms with Crippen LogP contribution in [0, 0.1) is 10.8 Å². The summed E-state index contributed by atoms with van der Waals surface area (Å²) in [4.78, 5) is 11.7.